The predicted octanol–water partition coefficient (Wildman–Crippen LogP) is 3.68. The number of rotatable bonds is 6. The summed E-state index contributed by atoms with van der Waals surface area (Å²) in [6, 6.07) is 13.4. The van der Waals surface area contributed by atoms with Gasteiger partial charge in [0.2, 0.25) is 0 Å². The Kier molecular flexibility index (Phi) is 5.30. The van der Waals surface area contributed by atoms with Gasteiger partial charge in [-0.15, -0.1) is 0 Å². The van der Waals surface area contributed by atoms with Gasteiger partial charge in [0.05, 0.1) is 31.8 Å². The second-order valence-corrected chi connectivity index (χ2v) is 7.21. The van der Waals surface area contributed by atoms with Crippen molar-refractivity contribution < 1.29 is 14.3 Å². The number of ketones is 1. The van der Waals surface area contributed by atoms with Gasteiger partial charge in [0.25, 0.3) is 0 Å². The summed E-state index contributed by atoms with van der Waals surface area (Å²) >= 11 is 0. The minimum absolute atomic E-state index is 0.0174. The largest absolute Gasteiger partial charge is 0.493 e. The summed E-state index contributed by atoms with van der Waals surface area (Å²) < 4.78 is 10.6. The zero-order valence-electron chi connectivity index (χ0n) is 16.3. The number of piperidine rings is 1. The van der Waals surface area contributed by atoms with Gasteiger partial charge in [0, 0.05) is 18.0 Å². The average Bonchev–Trinajstić information content (AvgIpc) is 3.15. The fourth-order valence-electron chi connectivity index (χ4n) is 3.93. The fourth-order valence-corrected chi connectivity index (χ4v) is 3.93. The molecule has 2 heterocycles. The molecule has 3 aromatic rings. The Morgan fingerprint density at radius 2 is 2.00 bits per heavy atom. The first-order valence-corrected chi connectivity index (χ1v) is 9.60. The Morgan fingerprint density at radius 3 is 2.79 bits per heavy atom. The monoisotopic (exact) mass is 379 g/mol. The summed E-state index contributed by atoms with van der Waals surface area (Å²) in [4.78, 5) is 23.4. The van der Waals surface area contributed by atoms with Crippen molar-refractivity contribution in [3.05, 3.63) is 53.9 Å². The van der Waals surface area contributed by atoms with Crippen LogP contribution in [-0.2, 0) is 6.54 Å². The molecule has 0 aliphatic carbocycles. The van der Waals surface area contributed by atoms with Crippen molar-refractivity contribution in [2.24, 2.45) is 5.92 Å². The smallest absolute Gasteiger partial charge is 0.167 e. The van der Waals surface area contributed by atoms with Crippen molar-refractivity contribution in [2.45, 2.75) is 19.4 Å². The van der Waals surface area contributed by atoms with Crippen LogP contribution in [0.5, 0.6) is 11.5 Å². The molecule has 146 valence electrons. The minimum atomic E-state index is -0.0174. The normalized spacial score (nSPS) is 17.6. The van der Waals surface area contributed by atoms with Crippen LogP contribution in [0.15, 0.2) is 42.5 Å². The van der Waals surface area contributed by atoms with Crippen molar-refractivity contribution >= 4 is 16.8 Å². The summed E-state index contributed by atoms with van der Waals surface area (Å²) in [5.41, 5.74) is 2.70. The second kappa shape index (κ2) is 8.02. The number of nitrogens with zero attached hydrogens (tertiary/aromatic N) is 2. The molecule has 0 saturated carbocycles. The standard InChI is InChI=1S/C22H25N3O3/c1-27-19-10-9-15(12-20(19)28-2)22(26)16-6-5-11-25(13-16)14-21-23-17-7-3-4-8-18(17)24-21/h3-4,7-10,12,16H,5-6,11,13-14H2,1-2H3,(H,23,24). The zero-order valence-corrected chi connectivity index (χ0v) is 16.3. The number of H-pyrrole nitrogens is 1. The van der Waals surface area contributed by atoms with Crippen molar-refractivity contribution in [1.29, 1.82) is 0 Å². The molecular formula is C22H25N3O3. The summed E-state index contributed by atoms with van der Waals surface area (Å²) in [7, 11) is 3.18. The molecule has 0 spiro atoms. The van der Waals surface area contributed by atoms with E-state index in [1.54, 1.807) is 26.4 Å². The lowest BCUT2D eigenvalue weighted by molar-refractivity contribution is 0.0808. The minimum Gasteiger partial charge on any atom is -0.493 e. The zero-order chi connectivity index (χ0) is 19.5. The number of hydrogen-bond acceptors (Lipinski definition) is 5. The van der Waals surface area contributed by atoms with E-state index in [4.69, 9.17) is 9.47 Å². The van der Waals surface area contributed by atoms with Crippen LogP contribution in [0.2, 0.25) is 0 Å². The van der Waals surface area contributed by atoms with E-state index in [0.29, 0.717) is 17.1 Å². The number of carbonyl (C=O) groups is 1. The SMILES string of the molecule is COc1ccc(C(=O)C2CCCN(Cc3nc4ccccc4[nH]3)C2)cc1OC. The molecule has 4 rings (SSSR count). The van der Waals surface area contributed by atoms with Crippen LogP contribution in [0.25, 0.3) is 11.0 Å². The van der Waals surface area contributed by atoms with Crippen molar-refractivity contribution in [1.82, 2.24) is 14.9 Å². The van der Waals surface area contributed by atoms with E-state index in [1.807, 2.05) is 30.3 Å². The third kappa shape index (κ3) is 3.73. The lowest BCUT2D eigenvalue weighted by Crippen LogP contribution is -2.38. The van der Waals surface area contributed by atoms with Gasteiger partial charge in [-0.25, -0.2) is 4.98 Å². The van der Waals surface area contributed by atoms with Crippen LogP contribution >= 0.6 is 0 Å². The molecular weight excluding hydrogens is 354 g/mol. The first kappa shape index (κ1) is 18.5. The first-order chi connectivity index (χ1) is 13.7. The molecule has 1 aliphatic rings. The number of likely N-dealkylation sites (tertiary alicyclic amines) is 1. The average molecular weight is 379 g/mol. The summed E-state index contributed by atoms with van der Waals surface area (Å²) in [6.45, 7) is 2.45. The lowest BCUT2D eigenvalue weighted by Gasteiger charge is -2.31. The van der Waals surface area contributed by atoms with Crippen molar-refractivity contribution in [3.8, 4) is 11.5 Å². The number of ether oxygens (including phenoxy) is 2. The highest BCUT2D eigenvalue weighted by Gasteiger charge is 2.27. The van der Waals surface area contributed by atoms with Crippen LogP contribution in [0.4, 0.5) is 0 Å². The Bertz CT molecular complexity index is 949. The highest BCUT2D eigenvalue weighted by atomic mass is 16.5. The molecule has 1 aromatic heterocycles. The predicted molar refractivity (Wildman–Crippen MR) is 108 cm³/mol. The Hall–Kier alpha value is -2.86. The van der Waals surface area contributed by atoms with Gasteiger partial charge in [-0.2, -0.15) is 0 Å². The molecule has 6 heteroatoms. The Balaban J connectivity index is 1.46. The van der Waals surface area contributed by atoms with E-state index in [1.165, 1.54) is 0 Å². The van der Waals surface area contributed by atoms with Gasteiger partial charge >= 0.3 is 0 Å². The molecule has 1 unspecified atom stereocenters. The van der Waals surface area contributed by atoms with Gasteiger partial charge in [-0.05, 0) is 49.7 Å². The molecule has 1 N–H and O–H groups in total. The van der Waals surface area contributed by atoms with Gasteiger partial charge < -0.3 is 14.5 Å². The third-order valence-electron chi connectivity index (χ3n) is 5.36. The number of imidazole rings is 1. The van der Waals surface area contributed by atoms with E-state index in [-0.39, 0.29) is 11.7 Å². The molecule has 0 bridgehead atoms. The molecule has 6 nitrogen and oxygen atoms in total. The highest BCUT2D eigenvalue weighted by Crippen LogP contribution is 2.30. The van der Waals surface area contributed by atoms with E-state index >= 15 is 0 Å². The van der Waals surface area contributed by atoms with Crippen LogP contribution in [0.1, 0.15) is 29.0 Å². The lowest BCUT2D eigenvalue weighted by atomic mass is 9.90. The van der Waals surface area contributed by atoms with Crippen LogP contribution in [0, 0.1) is 5.92 Å². The van der Waals surface area contributed by atoms with E-state index in [0.717, 1.165) is 49.3 Å². The van der Waals surface area contributed by atoms with Crippen molar-refractivity contribution in [3.63, 3.8) is 0 Å². The number of carbonyl (C=O) groups excluding carboxylic acids is 1. The van der Waals surface area contributed by atoms with E-state index in [2.05, 4.69) is 14.9 Å². The van der Waals surface area contributed by atoms with Gasteiger partial charge in [0.15, 0.2) is 17.3 Å². The summed E-state index contributed by atoms with van der Waals surface area (Å²) in [5.74, 6) is 2.31. The third-order valence-corrected chi connectivity index (χ3v) is 5.36. The van der Waals surface area contributed by atoms with E-state index in [9.17, 15) is 4.79 Å². The number of aromatic amines is 1. The first-order valence-electron chi connectivity index (χ1n) is 9.60. The van der Waals surface area contributed by atoms with Gasteiger partial charge in [0.1, 0.15) is 5.82 Å². The quantitative estimate of drug-likeness (QED) is 0.662. The maximum absolute atomic E-state index is 13.1. The van der Waals surface area contributed by atoms with E-state index < -0.39 is 0 Å². The fraction of sp³-hybridized carbons (Fsp3) is 0.364. The summed E-state index contributed by atoms with van der Waals surface area (Å²) in [5, 5.41) is 0. The maximum Gasteiger partial charge on any atom is 0.167 e. The Morgan fingerprint density at radius 1 is 1.18 bits per heavy atom. The number of benzene rings is 2. The second-order valence-electron chi connectivity index (χ2n) is 7.21. The molecule has 28 heavy (non-hydrogen) atoms. The molecule has 0 amide bonds. The number of hydrogen-bond donors (Lipinski definition) is 1. The highest BCUT2D eigenvalue weighted by molar-refractivity contribution is 5.98. The maximum atomic E-state index is 13.1. The molecule has 1 aliphatic heterocycles. The topological polar surface area (TPSA) is 67.5 Å². The number of methoxy groups -OCH3 is 2. The number of aromatic nitrogens is 2. The summed E-state index contributed by atoms with van der Waals surface area (Å²) in [6.07, 6.45) is 1.91. The van der Waals surface area contributed by atoms with Crippen LogP contribution in [-0.4, -0.2) is 48.0 Å². The number of fused-ring (bicyclic) bond motifs is 1. The molecule has 1 fully saturated rings. The van der Waals surface area contributed by atoms with Crippen molar-refractivity contribution in [2.75, 3.05) is 27.3 Å². The number of para-hydroxylation sites is 2. The molecule has 1 atom stereocenters. The van der Waals surface area contributed by atoms with Gasteiger partial charge in [-0.3, -0.25) is 9.69 Å². The van der Waals surface area contributed by atoms with Crippen LogP contribution < -0.4 is 9.47 Å². The molecule has 0 radical (unpaired) electrons. The van der Waals surface area contributed by atoms with Gasteiger partial charge in [-0.1, -0.05) is 12.1 Å². The molecule has 2 aromatic carbocycles. The Labute approximate surface area is 164 Å². The molecule has 1 saturated heterocycles. The van der Waals surface area contributed by atoms with Crippen LogP contribution in [0.3, 0.4) is 0 Å². The number of nitrogens with one attached hydrogen (secondary N) is 1. The number of Topliss-reactive ketones (excluding diaryl/α,β-unsaturated/α-hetero) is 1.